The molecule has 2 aliphatic rings. The summed E-state index contributed by atoms with van der Waals surface area (Å²) in [5.74, 6) is 1.48. The van der Waals surface area contributed by atoms with Crippen LogP contribution >= 0.6 is 12.4 Å². The number of aromatic nitrogens is 2. The van der Waals surface area contributed by atoms with Crippen LogP contribution in [0.15, 0.2) is 6.07 Å². The third-order valence-electron chi connectivity index (χ3n) is 4.32. The Bertz CT molecular complexity index is 454. The van der Waals surface area contributed by atoms with Gasteiger partial charge < -0.3 is 10.2 Å². The Labute approximate surface area is 119 Å². The van der Waals surface area contributed by atoms with Crippen LogP contribution in [0.4, 0.5) is 0 Å². The van der Waals surface area contributed by atoms with E-state index in [4.69, 9.17) is 0 Å². The summed E-state index contributed by atoms with van der Waals surface area (Å²) in [5, 5.41) is 7.70. The lowest BCUT2D eigenvalue weighted by Gasteiger charge is -2.34. The first-order chi connectivity index (χ1) is 8.65. The van der Waals surface area contributed by atoms with E-state index in [1.165, 1.54) is 0 Å². The fraction of sp³-hybridized carbons (Fsp3) is 0.692. The highest BCUT2D eigenvalue weighted by Gasteiger charge is 2.35. The molecule has 1 aromatic heterocycles. The molecule has 0 aromatic carbocycles. The molecule has 6 heteroatoms. The molecule has 0 radical (unpaired) electrons. The zero-order valence-electron chi connectivity index (χ0n) is 11.4. The minimum absolute atomic E-state index is 0. The summed E-state index contributed by atoms with van der Waals surface area (Å²) in [4.78, 5) is 14.4. The summed E-state index contributed by atoms with van der Waals surface area (Å²) in [6.07, 6.45) is 1.12. The number of carbonyl (C=O) groups is 1. The van der Waals surface area contributed by atoms with Gasteiger partial charge in [0.2, 0.25) is 0 Å². The van der Waals surface area contributed by atoms with Crippen molar-refractivity contribution in [3.05, 3.63) is 17.5 Å². The molecule has 0 bridgehead atoms. The average molecular weight is 285 g/mol. The van der Waals surface area contributed by atoms with Crippen LogP contribution in [0.2, 0.25) is 0 Å². The number of carbonyl (C=O) groups excluding carboxylic acids is 1. The maximum absolute atomic E-state index is 12.4. The number of amides is 1. The molecule has 3 heterocycles. The molecule has 1 amide bonds. The quantitative estimate of drug-likeness (QED) is 0.831. The Balaban J connectivity index is 0.00000133. The summed E-state index contributed by atoms with van der Waals surface area (Å²) >= 11 is 0. The van der Waals surface area contributed by atoms with Gasteiger partial charge in [0.05, 0.1) is 0 Å². The van der Waals surface area contributed by atoms with E-state index in [1.807, 2.05) is 24.9 Å². The lowest BCUT2D eigenvalue weighted by molar-refractivity contribution is 0.0636. The fourth-order valence-corrected chi connectivity index (χ4v) is 3.05. The van der Waals surface area contributed by atoms with Crippen molar-refractivity contribution in [2.45, 2.75) is 13.3 Å². The predicted molar refractivity (Wildman–Crippen MR) is 75.6 cm³/mol. The highest BCUT2D eigenvalue weighted by atomic mass is 35.5. The van der Waals surface area contributed by atoms with E-state index in [0.29, 0.717) is 11.6 Å². The van der Waals surface area contributed by atoms with Crippen LogP contribution in [0, 0.1) is 18.8 Å². The van der Waals surface area contributed by atoms with Gasteiger partial charge >= 0.3 is 0 Å². The van der Waals surface area contributed by atoms with Crippen molar-refractivity contribution in [3.63, 3.8) is 0 Å². The maximum atomic E-state index is 12.4. The molecule has 0 saturated carbocycles. The van der Waals surface area contributed by atoms with Crippen molar-refractivity contribution in [1.82, 2.24) is 20.0 Å². The molecule has 2 saturated heterocycles. The van der Waals surface area contributed by atoms with Crippen LogP contribution in [0.5, 0.6) is 0 Å². The number of piperidine rings is 1. The first-order valence-corrected chi connectivity index (χ1v) is 6.66. The number of hydrogen-bond donors (Lipinski definition) is 1. The van der Waals surface area contributed by atoms with Crippen molar-refractivity contribution in [2.24, 2.45) is 18.9 Å². The second-order valence-corrected chi connectivity index (χ2v) is 5.51. The molecule has 2 unspecified atom stereocenters. The Kier molecular flexibility index (Phi) is 4.16. The van der Waals surface area contributed by atoms with Crippen molar-refractivity contribution in [2.75, 3.05) is 26.2 Å². The Morgan fingerprint density at radius 3 is 2.84 bits per heavy atom. The van der Waals surface area contributed by atoms with Gasteiger partial charge in [0.25, 0.3) is 5.91 Å². The lowest BCUT2D eigenvalue weighted by Crippen LogP contribution is -2.43. The number of hydrogen-bond acceptors (Lipinski definition) is 3. The van der Waals surface area contributed by atoms with E-state index in [9.17, 15) is 4.79 Å². The maximum Gasteiger partial charge on any atom is 0.274 e. The van der Waals surface area contributed by atoms with Crippen LogP contribution < -0.4 is 5.32 Å². The van der Waals surface area contributed by atoms with Crippen molar-refractivity contribution >= 4 is 18.3 Å². The van der Waals surface area contributed by atoms with Crippen LogP contribution in [0.25, 0.3) is 0 Å². The van der Waals surface area contributed by atoms with E-state index in [0.717, 1.165) is 44.2 Å². The normalized spacial score (nSPS) is 25.9. The van der Waals surface area contributed by atoms with Gasteiger partial charge in [-0.15, -0.1) is 12.4 Å². The average Bonchev–Trinajstić information content (AvgIpc) is 2.95. The van der Waals surface area contributed by atoms with E-state index in [2.05, 4.69) is 10.4 Å². The van der Waals surface area contributed by atoms with Crippen LogP contribution in [-0.2, 0) is 7.05 Å². The van der Waals surface area contributed by atoms with Gasteiger partial charge in [-0.1, -0.05) is 0 Å². The molecular formula is C13H21ClN4O. The van der Waals surface area contributed by atoms with Crippen molar-refractivity contribution < 1.29 is 4.79 Å². The molecule has 2 fully saturated rings. The Morgan fingerprint density at radius 1 is 1.42 bits per heavy atom. The first-order valence-electron chi connectivity index (χ1n) is 6.66. The van der Waals surface area contributed by atoms with Gasteiger partial charge in [-0.05, 0) is 44.3 Å². The number of fused-ring (bicyclic) bond motifs is 1. The Hall–Kier alpha value is -1.07. The summed E-state index contributed by atoms with van der Waals surface area (Å²) in [5.41, 5.74) is 1.61. The van der Waals surface area contributed by atoms with Crippen LogP contribution in [0.1, 0.15) is 22.6 Å². The summed E-state index contributed by atoms with van der Waals surface area (Å²) in [7, 11) is 1.87. The predicted octanol–water partition coefficient (Wildman–Crippen LogP) is 0.832. The topological polar surface area (TPSA) is 50.2 Å². The zero-order chi connectivity index (χ0) is 12.7. The van der Waals surface area contributed by atoms with Gasteiger partial charge in [-0.2, -0.15) is 5.10 Å². The molecule has 3 rings (SSSR count). The number of rotatable bonds is 1. The molecule has 0 aliphatic carbocycles. The minimum atomic E-state index is 0. The molecule has 2 aliphatic heterocycles. The zero-order valence-corrected chi connectivity index (χ0v) is 12.2. The first kappa shape index (κ1) is 14.3. The van der Waals surface area contributed by atoms with Crippen LogP contribution in [0.3, 0.4) is 0 Å². The van der Waals surface area contributed by atoms with E-state index < -0.39 is 0 Å². The smallest absolute Gasteiger partial charge is 0.274 e. The molecule has 106 valence electrons. The number of halogens is 1. The van der Waals surface area contributed by atoms with Gasteiger partial charge in [0.15, 0.2) is 5.69 Å². The third kappa shape index (κ3) is 2.62. The molecule has 1 aromatic rings. The number of nitrogens with zero attached hydrogens (tertiary/aromatic N) is 3. The standard InChI is InChI=1S/C13H20N4O.ClH/c1-9-5-12(15-16(9)2)13(18)17-4-3-10-6-14-7-11(10)8-17;/h5,10-11,14H,3-4,6-8H2,1-2H3;1H. The summed E-state index contributed by atoms with van der Waals surface area (Å²) < 4.78 is 1.76. The third-order valence-corrected chi connectivity index (χ3v) is 4.32. The molecule has 2 atom stereocenters. The monoisotopic (exact) mass is 284 g/mol. The SMILES string of the molecule is Cc1cc(C(=O)N2CCC3CNCC3C2)nn1C.Cl. The fourth-order valence-electron chi connectivity index (χ4n) is 3.05. The summed E-state index contributed by atoms with van der Waals surface area (Å²) in [6, 6.07) is 1.88. The largest absolute Gasteiger partial charge is 0.337 e. The number of aryl methyl sites for hydroxylation is 2. The van der Waals surface area contributed by atoms with Gasteiger partial charge in [0.1, 0.15) is 0 Å². The highest BCUT2D eigenvalue weighted by Crippen LogP contribution is 2.27. The number of nitrogens with one attached hydrogen (secondary N) is 1. The summed E-state index contributed by atoms with van der Waals surface area (Å²) in [6.45, 7) is 5.89. The van der Waals surface area contributed by atoms with Crippen LogP contribution in [-0.4, -0.2) is 46.8 Å². The Morgan fingerprint density at radius 2 is 2.16 bits per heavy atom. The van der Waals surface area contributed by atoms with E-state index >= 15 is 0 Å². The molecule has 5 nitrogen and oxygen atoms in total. The van der Waals surface area contributed by atoms with Crippen molar-refractivity contribution in [3.8, 4) is 0 Å². The lowest BCUT2D eigenvalue weighted by atomic mass is 9.88. The highest BCUT2D eigenvalue weighted by molar-refractivity contribution is 5.92. The second-order valence-electron chi connectivity index (χ2n) is 5.51. The van der Waals surface area contributed by atoms with E-state index in [-0.39, 0.29) is 18.3 Å². The van der Waals surface area contributed by atoms with Gasteiger partial charge in [-0.3, -0.25) is 9.48 Å². The molecule has 0 spiro atoms. The molecular weight excluding hydrogens is 264 g/mol. The van der Waals surface area contributed by atoms with Gasteiger partial charge in [-0.25, -0.2) is 0 Å². The molecule has 1 N–H and O–H groups in total. The van der Waals surface area contributed by atoms with E-state index in [1.54, 1.807) is 4.68 Å². The van der Waals surface area contributed by atoms with Crippen molar-refractivity contribution in [1.29, 1.82) is 0 Å². The second kappa shape index (κ2) is 5.51. The minimum Gasteiger partial charge on any atom is -0.337 e. The van der Waals surface area contributed by atoms with Gasteiger partial charge in [0, 0.05) is 25.8 Å². The molecule has 19 heavy (non-hydrogen) atoms. The number of likely N-dealkylation sites (tertiary alicyclic amines) is 1.